The Balaban J connectivity index is 1.55. The molecule has 7 nitrogen and oxygen atoms in total. The van der Waals surface area contributed by atoms with Crippen molar-refractivity contribution in [3.8, 4) is 5.75 Å². The number of nitroso groups, excluding NO2 is 1. The average molecular weight is 407 g/mol. The van der Waals surface area contributed by atoms with Gasteiger partial charge in [-0.3, -0.25) is 9.59 Å². The summed E-state index contributed by atoms with van der Waals surface area (Å²) in [5.74, 6) is 0.131. The summed E-state index contributed by atoms with van der Waals surface area (Å²) in [7, 11) is 0. The number of piperidine rings is 1. The molecule has 2 aromatic carbocycles. The molecule has 0 bridgehead atoms. The third kappa shape index (κ3) is 4.35. The highest BCUT2D eigenvalue weighted by atomic mass is 16.5. The van der Waals surface area contributed by atoms with Crippen molar-refractivity contribution in [2.24, 2.45) is 5.18 Å². The number of nitrogens with zero attached hydrogens (tertiary/aromatic N) is 3. The molecule has 2 aliphatic heterocycles. The molecule has 1 fully saturated rings. The Hall–Kier alpha value is -3.22. The van der Waals surface area contributed by atoms with Gasteiger partial charge in [-0.05, 0) is 61.6 Å². The molecule has 0 unspecified atom stereocenters. The number of hydrogen-bond donors (Lipinski definition) is 0. The van der Waals surface area contributed by atoms with Crippen molar-refractivity contribution in [1.29, 1.82) is 0 Å². The van der Waals surface area contributed by atoms with E-state index in [1.165, 1.54) is 6.42 Å². The van der Waals surface area contributed by atoms with Gasteiger partial charge in [-0.2, -0.15) is 0 Å². The van der Waals surface area contributed by atoms with E-state index in [4.69, 9.17) is 4.74 Å². The second-order valence-electron chi connectivity index (χ2n) is 7.69. The summed E-state index contributed by atoms with van der Waals surface area (Å²) in [5.41, 5.74) is 3.53. The Labute approximate surface area is 175 Å². The molecule has 0 aromatic heterocycles. The van der Waals surface area contributed by atoms with Gasteiger partial charge in [-0.25, -0.2) is 0 Å². The van der Waals surface area contributed by atoms with Crippen LogP contribution in [0, 0.1) is 4.91 Å². The Bertz CT molecular complexity index is 953. The number of rotatable bonds is 5. The van der Waals surface area contributed by atoms with Crippen LogP contribution in [-0.4, -0.2) is 43.0 Å². The van der Waals surface area contributed by atoms with Crippen molar-refractivity contribution < 1.29 is 14.3 Å². The maximum Gasteiger partial charge on any atom is 0.286 e. The predicted octanol–water partition coefficient (Wildman–Crippen LogP) is 4.07. The van der Waals surface area contributed by atoms with Crippen LogP contribution in [-0.2, 0) is 11.2 Å². The van der Waals surface area contributed by atoms with E-state index in [0.29, 0.717) is 30.9 Å². The number of aryl methyl sites for hydroxylation is 1. The lowest BCUT2D eigenvalue weighted by Crippen LogP contribution is -2.35. The first-order valence-electron chi connectivity index (χ1n) is 10.4. The number of anilines is 2. The number of ether oxygens (including phenoxy) is 1. The van der Waals surface area contributed by atoms with E-state index >= 15 is 0 Å². The summed E-state index contributed by atoms with van der Waals surface area (Å²) < 4.78 is 5.87. The van der Waals surface area contributed by atoms with Crippen LogP contribution >= 0.6 is 0 Å². The third-order valence-corrected chi connectivity index (χ3v) is 5.66. The van der Waals surface area contributed by atoms with E-state index in [2.05, 4.69) is 10.1 Å². The van der Waals surface area contributed by atoms with Crippen molar-refractivity contribution in [2.45, 2.75) is 32.1 Å². The van der Waals surface area contributed by atoms with Gasteiger partial charge >= 0.3 is 0 Å². The van der Waals surface area contributed by atoms with Crippen molar-refractivity contribution >= 4 is 23.2 Å². The highest BCUT2D eigenvalue weighted by Gasteiger charge is 2.24. The zero-order valence-electron chi connectivity index (χ0n) is 16.9. The average Bonchev–Trinajstić information content (AvgIpc) is 2.82. The van der Waals surface area contributed by atoms with Gasteiger partial charge in [-0.15, -0.1) is 4.91 Å². The Morgan fingerprint density at radius 3 is 2.63 bits per heavy atom. The molecular formula is C23H25N3O4. The van der Waals surface area contributed by atoms with Gasteiger partial charge in [0.05, 0.1) is 12.2 Å². The first-order valence-corrected chi connectivity index (χ1v) is 10.4. The lowest BCUT2D eigenvalue weighted by Gasteiger charge is -2.32. The lowest BCUT2D eigenvalue weighted by atomic mass is 10.1. The van der Waals surface area contributed by atoms with Gasteiger partial charge < -0.3 is 14.5 Å². The third-order valence-electron chi connectivity index (χ3n) is 5.66. The fourth-order valence-corrected chi connectivity index (χ4v) is 4.08. The molecule has 4 rings (SSSR count). The number of hydrogen-bond acceptors (Lipinski definition) is 5. The molecule has 2 aromatic rings. The monoisotopic (exact) mass is 407 g/mol. The van der Waals surface area contributed by atoms with Crippen molar-refractivity contribution in [1.82, 2.24) is 4.90 Å². The van der Waals surface area contributed by atoms with Crippen LogP contribution in [0.25, 0.3) is 0 Å². The summed E-state index contributed by atoms with van der Waals surface area (Å²) >= 11 is 0. The van der Waals surface area contributed by atoms with Gasteiger partial charge in [0.1, 0.15) is 12.4 Å². The smallest absolute Gasteiger partial charge is 0.286 e. The molecule has 1 saturated heterocycles. The molecule has 7 heteroatoms. The Kier molecular flexibility index (Phi) is 6.07. The number of benzene rings is 2. The molecule has 0 radical (unpaired) electrons. The van der Waals surface area contributed by atoms with Crippen LogP contribution in [0.1, 0.15) is 41.6 Å². The number of carbonyl (C=O) groups is 2. The molecular weight excluding hydrogens is 382 g/mol. The molecule has 0 aliphatic carbocycles. The van der Waals surface area contributed by atoms with E-state index in [1.807, 2.05) is 47.4 Å². The second-order valence-corrected chi connectivity index (χ2v) is 7.69. The minimum atomic E-state index is -0.636. The van der Waals surface area contributed by atoms with Crippen LogP contribution < -0.4 is 9.64 Å². The molecule has 30 heavy (non-hydrogen) atoms. The van der Waals surface area contributed by atoms with Crippen molar-refractivity contribution in [3.05, 3.63) is 58.5 Å². The lowest BCUT2D eigenvalue weighted by molar-refractivity contribution is -0.117. The summed E-state index contributed by atoms with van der Waals surface area (Å²) in [6.07, 6.45) is 3.88. The highest BCUT2D eigenvalue weighted by molar-refractivity contribution is 5.95. The summed E-state index contributed by atoms with van der Waals surface area (Å²) in [5, 5.41) is 2.45. The first kappa shape index (κ1) is 20.1. The maximum atomic E-state index is 12.8. The predicted molar refractivity (Wildman–Crippen MR) is 114 cm³/mol. The van der Waals surface area contributed by atoms with Gasteiger partial charge in [0.15, 0.2) is 0 Å². The summed E-state index contributed by atoms with van der Waals surface area (Å²) in [6.45, 7) is 2.84. The zero-order valence-corrected chi connectivity index (χ0v) is 16.9. The van der Waals surface area contributed by atoms with Crippen LogP contribution in [0.5, 0.6) is 5.75 Å². The van der Waals surface area contributed by atoms with Gasteiger partial charge in [0.25, 0.3) is 11.8 Å². The van der Waals surface area contributed by atoms with Gasteiger partial charge in [0, 0.05) is 35.9 Å². The fourth-order valence-electron chi connectivity index (χ4n) is 4.08. The number of amides is 2. The molecule has 0 N–H and O–H groups in total. The van der Waals surface area contributed by atoms with E-state index in [0.717, 1.165) is 42.9 Å². The summed E-state index contributed by atoms with van der Waals surface area (Å²) in [6, 6.07) is 13.5. The first-order chi connectivity index (χ1) is 14.7. The van der Waals surface area contributed by atoms with Gasteiger partial charge in [0.2, 0.25) is 0 Å². The molecule has 2 heterocycles. The molecule has 0 atom stereocenters. The minimum Gasteiger partial charge on any atom is -0.490 e. The summed E-state index contributed by atoms with van der Waals surface area (Å²) in [4.78, 5) is 38.4. The standard InChI is InChI=1S/C23H25N3O4/c27-22(24-29)10-7-17-5-4-6-19(15-17)26-13-14-30-21-16-18(8-9-20(21)26)23(28)25-11-2-1-3-12-25/h4-6,8-9,15-16H,1-3,7,10-14H2. The maximum absolute atomic E-state index is 12.8. The fraction of sp³-hybridized carbons (Fsp3) is 0.391. The van der Waals surface area contributed by atoms with Crippen LogP contribution in [0.2, 0.25) is 0 Å². The van der Waals surface area contributed by atoms with E-state index in [-0.39, 0.29) is 12.3 Å². The molecule has 0 saturated carbocycles. The largest absolute Gasteiger partial charge is 0.490 e. The number of fused-ring (bicyclic) bond motifs is 1. The van der Waals surface area contributed by atoms with Crippen LogP contribution in [0.4, 0.5) is 11.4 Å². The van der Waals surface area contributed by atoms with Crippen molar-refractivity contribution in [3.63, 3.8) is 0 Å². The normalized spacial score (nSPS) is 15.9. The minimum absolute atomic E-state index is 0.0636. The Morgan fingerprint density at radius 2 is 1.83 bits per heavy atom. The zero-order chi connectivity index (χ0) is 20.9. The highest BCUT2D eigenvalue weighted by Crippen LogP contribution is 2.37. The SMILES string of the molecule is O=NC(=O)CCc1cccc(N2CCOc3cc(C(=O)N4CCCCC4)ccc32)c1. The number of carbonyl (C=O) groups excluding carboxylic acids is 2. The van der Waals surface area contributed by atoms with Crippen molar-refractivity contribution in [2.75, 3.05) is 31.1 Å². The molecule has 2 amide bonds. The van der Waals surface area contributed by atoms with E-state index in [1.54, 1.807) is 0 Å². The van der Waals surface area contributed by atoms with E-state index < -0.39 is 5.91 Å². The number of likely N-dealkylation sites (tertiary alicyclic amines) is 1. The van der Waals surface area contributed by atoms with Gasteiger partial charge in [-0.1, -0.05) is 12.1 Å². The molecule has 156 valence electrons. The van der Waals surface area contributed by atoms with Crippen LogP contribution in [0.15, 0.2) is 47.6 Å². The Morgan fingerprint density at radius 1 is 1.00 bits per heavy atom. The molecule has 2 aliphatic rings. The van der Waals surface area contributed by atoms with E-state index in [9.17, 15) is 14.5 Å². The topological polar surface area (TPSA) is 79.3 Å². The molecule has 0 spiro atoms. The second kappa shape index (κ2) is 9.07. The van der Waals surface area contributed by atoms with Crippen LogP contribution in [0.3, 0.4) is 0 Å². The quantitative estimate of drug-likeness (QED) is 0.698.